The van der Waals surface area contributed by atoms with Gasteiger partial charge in [0.05, 0.1) is 0 Å². The second kappa shape index (κ2) is 5.94. The quantitative estimate of drug-likeness (QED) is 0.880. The molecule has 2 aromatic heterocycles. The number of hydrogen-bond acceptors (Lipinski definition) is 5. The number of nitrogens with two attached hydrogens (primary N) is 1. The summed E-state index contributed by atoms with van der Waals surface area (Å²) in [6.07, 6.45) is 8.84. The minimum atomic E-state index is -3.61. The van der Waals surface area contributed by atoms with Crippen LogP contribution in [0.15, 0.2) is 16.6 Å². The van der Waals surface area contributed by atoms with Crippen LogP contribution in [0.2, 0.25) is 0 Å². The Morgan fingerprint density at radius 2 is 2.14 bits per heavy atom. The molecule has 0 radical (unpaired) electrons. The van der Waals surface area contributed by atoms with Crippen molar-refractivity contribution < 1.29 is 8.42 Å². The van der Waals surface area contributed by atoms with Crippen LogP contribution in [0.1, 0.15) is 38.5 Å². The molecule has 116 valence electrons. The van der Waals surface area contributed by atoms with Crippen molar-refractivity contribution in [3.8, 4) is 0 Å². The standard InChI is InChI=1S/C13H20N4O2S2/c14-11-12(17-8-9-20-13(17)16-11)21(18,19)15-7-6-10-4-2-1-3-5-10/h8-10,15H,1-7,14H2. The topological polar surface area (TPSA) is 89.5 Å². The molecule has 0 atom stereocenters. The third-order valence-corrected chi connectivity index (χ3v) is 6.32. The summed E-state index contributed by atoms with van der Waals surface area (Å²) in [6, 6.07) is 0. The first-order valence-electron chi connectivity index (χ1n) is 7.28. The maximum atomic E-state index is 12.4. The van der Waals surface area contributed by atoms with E-state index in [0.29, 0.717) is 17.4 Å². The molecule has 1 saturated carbocycles. The molecule has 0 aromatic carbocycles. The number of aromatic nitrogens is 2. The summed E-state index contributed by atoms with van der Waals surface area (Å²) >= 11 is 1.36. The van der Waals surface area contributed by atoms with Gasteiger partial charge in [-0.05, 0) is 12.3 Å². The van der Waals surface area contributed by atoms with Gasteiger partial charge in [0.1, 0.15) is 0 Å². The largest absolute Gasteiger partial charge is 0.381 e. The van der Waals surface area contributed by atoms with Gasteiger partial charge < -0.3 is 5.73 Å². The highest BCUT2D eigenvalue weighted by Crippen LogP contribution is 2.26. The molecule has 2 heterocycles. The van der Waals surface area contributed by atoms with Crippen molar-refractivity contribution in [2.24, 2.45) is 5.92 Å². The number of nitrogens with zero attached hydrogens (tertiary/aromatic N) is 2. The van der Waals surface area contributed by atoms with E-state index in [1.807, 2.05) is 0 Å². The van der Waals surface area contributed by atoms with E-state index in [-0.39, 0.29) is 10.8 Å². The molecule has 1 aliphatic carbocycles. The average Bonchev–Trinajstić information content (AvgIpc) is 2.99. The summed E-state index contributed by atoms with van der Waals surface area (Å²) in [5.41, 5.74) is 5.75. The first-order chi connectivity index (χ1) is 10.1. The summed E-state index contributed by atoms with van der Waals surface area (Å²) < 4.78 is 29.0. The molecule has 0 aliphatic heterocycles. The van der Waals surface area contributed by atoms with Gasteiger partial charge in [0, 0.05) is 18.1 Å². The molecule has 1 fully saturated rings. The molecule has 6 nitrogen and oxygen atoms in total. The van der Waals surface area contributed by atoms with E-state index in [1.165, 1.54) is 47.8 Å². The minimum absolute atomic E-state index is 0.0578. The number of thiazole rings is 1. The Bertz CT molecular complexity index is 714. The molecule has 3 N–H and O–H groups in total. The molecule has 0 spiro atoms. The van der Waals surface area contributed by atoms with E-state index in [1.54, 1.807) is 11.6 Å². The lowest BCUT2D eigenvalue weighted by Crippen LogP contribution is -2.28. The van der Waals surface area contributed by atoms with Crippen LogP contribution >= 0.6 is 11.3 Å². The van der Waals surface area contributed by atoms with Crippen LogP contribution in [-0.4, -0.2) is 24.3 Å². The van der Waals surface area contributed by atoms with Crippen LogP contribution in [0.4, 0.5) is 5.82 Å². The van der Waals surface area contributed by atoms with Gasteiger partial charge in [-0.25, -0.2) is 18.1 Å². The first kappa shape index (κ1) is 14.8. The Labute approximate surface area is 128 Å². The second-order valence-electron chi connectivity index (χ2n) is 5.55. The van der Waals surface area contributed by atoms with E-state index in [0.717, 1.165) is 6.42 Å². The number of fused-ring (bicyclic) bond motifs is 1. The third-order valence-electron chi connectivity index (χ3n) is 4.07. The lowest BCUT2D eigenvalue weighted by molar-refractivity contribution is 0.339. The Morgan fingerprint density at radius 3 is 2.90 bits per heavy atom. The predicted octanol–water partition coefficient (Wildman–Crippen LogP) is 2.23. The Morgan fingerprint density at radius 1 is 1.38 bits per heavy atom. The highest BCUT2D eigenvalue weighted by Gasteiger charge is 2.24. The van der Waals surface area contributed by atoms with Crippen LogP contribution in [0.5, 0.6) is 0 Å². The summed E-state index contributed by atoms with van der Waals surface area (Å²) in [4.78, 5) is 4.67. The molecule has 0 unspecified atom stereocenters. The van der Waals surface area contributed by atoms with Gasteiger partial charge in [-0.1, -0.05) is 32.1 Å². The van der Waals surface area contributed by atoms with Crippen LogP contribution < -0.4 is 10.5 Å². The van der Waals surface area contributed by atoms with Crippen LogP contribution in [0, 0.1) is 5.92 Å². The van der Waals surface area contributed by atoms with E-state index >= 15 is 0 Å². The zero-order valence-electron chi connectivity index (χ0n) is 11.8. The van der Waals surface area contributed by atoms with E-state index in [4.69, 9.17) is 5.73 Å². The molecule has 3 rings (SSSR count). The number of nitrogen functional groups attached to an aromatic ring is 1. The summed E-state index contributed by atoms with van der Waals surface area (Å²) in [7, 11) is -3.61. The number of imidazole rings is 1. The number of sulfonamides is 1. The normalized spacial score (nSPS) is 17.5. The molecule has 8 heteroatoms. The summed E-state index contributed by atoms with van der Waals surface area (Å²) in [5.74, 6) is 0.706. The highest BCUT2D eigenvalue weighted by molar-refractivity contribution is 7.89. The molecule has 0 saturated heterocycles. The maximum Gasteiger partial charge on any atom is 0.260 e. The maximum absolute atomic E-state index is 12.4. The molecular weight excluding hydrogens is 308 g/mol. The Hall–Kier alpha value is -1.12. The first-order valence-corrected chi connectivity index (χ1v) is 9.65. The van der Waals surface area contributed by atoms with Gasteiger partial charge in [-0.3, -0.25) is 4.40 Å². The zero-order chi connectivity index (χ0) is 14.9. The van der Waals surface area contributed by atoms with Gasteiger partial charge in [0.2, 0.25) is 0 Å². The number of hydrogen-bond donors (Lipinski definition) is 2. The zero-order valence-corrected chi connectivity index (χ0v) is 13.4. The van der Waals surface area contributed by atoms with E-state index in [2.05, 4.69) is 9.71 Å². The van der Waals surface area contributed by atoms with Crippen molar-refractivity contribution in [1.82, 2.24) is 14.1 Å². The van der Waals surface area contributed by atoms with Crippen molar-refractivity contribution in [3.63, 3.8) is 0 Å². The highest BCUT2D eigenvalue weighted by atomic mass is 32.2. The fourth-order valence-corrected chi connectivity index (χ4v) is 5.02. The van der Waals surface area contributed by atoms with Gasteiger partial charge in [0.25, 0.3) is 10.0 Å². The Balaban J connectivity index is 1.68. The molecule has 21 heavy (non-hydrogen) atoms. The number of rotatable bonds is 5. The predicted molar refractivity (Wildman–Crippen MR) is 83.9 cm³/mol. The lowest BCUT2D eigenvalue weighted by atomic mass is 9.87. The van der Waals surface area contributed by atoms with Gasteiger partial charge in [-0.15, -0.1) is 11.3 Å². The van der Waals surface area contributed by atoms with Crippen molar-refractivity contribution in [3.05, 3.63) is 11.6 Å². The lowest BCUT2D eigenvalue weighted by Gasteiger charge is -2.21. The molecule has 1 aliphatic rings. The number of anilines is 1. The van der Waals surface area contributed by atoms with Crippen molar-refractivity contribution >= 4 is 32.1 Å². The van der Waals surface area contributed by atoms with Crippen LogP contribution in [-0.2, 0) is 10.0 Å². The van der Waals surface area contributed by atoms with Crippen LogP contribution in [0.25, 0.3) is 4.96 Å². The van der Waals surface area contributed by atoms with Crippen LogP contribution in [0.3, 0.4) is 0 Å². The van der Waals surface area contributed by atoms with E-state index < -0.39 is 10.0 Å². The van der Waals surface area contributed by atoms with E-state index in [9.17, 15) is 8.42 Å². The number of nitrogens with one attached hydrogen (secondary N) is 1. The molecule has 0 bridgehead atoms. The van der Waals surface area contributed by atoms with Crippen molar-refractivity contribution in [2.75, 3.05) is 12.3 Å². The Kier molecular flexibility index (Phi) is 4.19. The summed E-state index contributed by atoms with van der Waals surface area (Å²) in [5, 5.41) is 1.85. The van der Waals surface area contributed by atoms with Crippen molar-refractivity contribution in [2.45, 2.75) is 43.6 Å². The average molecular weight is 328 g/mol. The third kappa shape index (κ3) is 3.07. The molecule has 0 amide bonds. The summed E-state index contributed by atoms with van der Waals surface area (Å²) in [6.45, 7) is 0.462. The van der Waals surface area contributed by atoms with Gasteiger partial charge in [-0.2, -0.15) is 0 Å². The molecule has 2 aromatic rings. The van der Waals surface area contributed by atoms with Crippen molar-refractivity contribution in [1.29, 1.82) is 0 Å². The fraction of sp³-hybridized carbons (Fsp3) is 0.615. The monoisotopic (exact) mass is 328 g/mol. The molecular formula is C13H20N4O2S2. The van der Waals surface area contributed by atoms with Gasteiger partial charge in [0.15, 0.2) is 15.8 Å². The SMILES string of the molecule is Nc1nc2sccn2c1S(=O)(=O)NCCC1CCCCC1. The smallest absolute Gasteiger partial charge is 0.260 e. The van der Waals surface area contributed by atoms with Gasteiger partial charge >= 0.3 is 0 Å². The minimum Gasteiger partial charge on any atom is -0.381 e. The fourth-order valence-electron chi connectivity index (χ4n) is 2.99. The second-order valence-corrected chi connectivity index (χ2v) is 8.10.